The first-order valence-electron chi connectivity index (χ1n) is 8.01. The van der Waals surface area contributed by atoms with Crippen molar-refractivity contribution in [2.75, 3.05) is 0 Å². The van der Waals surface area contributed by atoms with E-state index in [1.54, 1.807) is 16.9 Å². The van der Waals surface area contributed by atoms with Gasteiger partial charge in [-0.2, -0.15) is 0 Å². The van der Waals surface area contributed by atoms with Crippen LogP contribution >= 0.6 is 11.6 Å². The van der Waals surface area contributed by atoms with Crippen LogP contribution in [0.15, 0.2) is 30.1 Å². The fraction of sp³-hybridized carbons (Fsp3) is 0.412. The van der Waals surface area contributed by atoms with Gasteiger partial charge in [0, 0.05) is 5.02 Å². The molecule has 0 N–H and O–H groups in total. The molecule has 1 aliphatic heterocycles. The number of benzene rings is 1. The summed E-state index contributed by atoms with van der Waals surface area (Å²) in [5, 5.41) is 8.66. The molecule has 25 heavy (non-hydrogen) atoms. The minimum absolute atomic E-state index is 0.367. The summed E-state index contributed by atoms with van der Waals surface area (Å²) in [5.74, 6) is 0. The Labute approximate surface area is 151 Å². The average molecular weight is 364 g/mol. The Morgan fingerprint density at radius 3 is 2.52 bits per heavy atom. The third-order valence-corrected chi connectivity index (χ3v) is 5.17. The van der Waals surface area contributed by atoms with Crippen LogP contribution in [0.3, 0.4) is 0 Å². The third-order valence-electron chi connectivity index (χ3n) is 4.76. The van der Waals surface area contributed by atoms with Crippen molar-refractivity contribution in [3.05, 3.63) is 46.4 Å². The van der Waals surface area contributed by atoms with E-state index in [4.69, 9.17) is 20.9 Å². The molecule has 3 rings (SSSR count). The maximum Gasteiger partial charge on any atom is 0.525 e. The highest BCUT2D eigenvalue weighted by Gasteiger charge is 2.53. The normalized spacial score (nSPS) is 19.5. The standard InChI is InChI=1S/C17H20BClFN3O2/c1-11-13(19)7-6-8-14(11)23-10-12(21-22-23)9-15(20)18-24-16(2,3)17(4,5)25-18/h6-10H,1-5H3. The van der Waals surface area contributed by atoms with Crippen molar-refractivity contribution in [1.82, 2.24) is 15.0 Å². The fourth-order valence-corrected chi connectivity index (χ4v) is 2.64. The molecule has 0 aliphatic carbocycles. The van der Waals surface area contributed by atoms with Gasteiger partial charge in [0.2, 0.25) is 0 Å². The van der Waals surface area contributed by atoms with Gasteiger partial charge in [0.25, 0.3) is 0 Å². The lowest BCUT2D eigenvalue weighted by atomic mass is 9.87. The largest absolute Gasteiger partial charge is 0.525 e. The monoisotopic (exact) mass is 363 g/mol. The molecule has 0 saturated carbocycles. The van der Waals surface area contributed by atoms with Gasteiger partial charge < -0.3 is 9.31 Å². The average Bonchev–Trinajstić information content (AvgIpc) is 3.04. The second kappa shape index (κ2) is 6.23. The second-order valence-corrected chi connectivity index (χ2v) is 7.50. The minimum Gasteiger partial charge on any atom is -0.398 e. The molecule has 5 nitrogen and oxygen atoms in total. The molecule has 2 heterocycles. The van der Waals surface area contributed by atoms with Crippen LogP contribution in [0, 0.1) is 6.92 Å². The molecule has 1 fully saturated rings. The van der Waals surface area contributed by atoms with Crippen LogP contribution < -0.4 is 0 Å². The van der Waals surface area contributed by atoms with Crippen LogP contribution in [0.25, 0.3) is 11.8 Å². The van der Waals surface area contributed by atoms with Crippen molar-refractivity contribution in [2.45, 2.75) is 45.8 Å². The summed E-state index contributed by atoms with van der Waals surface area (Å²) in [6.45, 7) is 9.38. The minimum atomic E-state index is -1.05. The first-order valence-corrected chi connectivity index (χ1v) is 8.39. The molecular formula is C17H20BClFN3O2. The highest BCUT2D eigenvalue weighted by Crippen LogP contribution is 2.39. The first-order chi connectivity index (χ1) is 11.6. The SMILES string of the molecule is Cc1c(Cl)cccc1-n1cc(C=C(F)B2OC(C)(C)C(C)(C)O2)nn1. The van der Waals surface area contributed by atoms with Crippen LogP contribution in [0.5, 0.6) is 0 Å². The summed E-state index contributed by atoms with van der Waals surface area (Å²) >= 11 is 6.13. The van der Waals surface area contributed by atoms with E-state index in [0.717, 1.165) is 11.3 Å². The summed E-state index contributed by atoms with van der Waals surface area (Å²) in [6, 6.07) is 5.50. The number of hydrogen-bond acceptors (Lipinski definition) is 4. The van der Waals surface area contributed by atoms with E-state index >= 15 is 0 Å². The van der Waals surface area contributed by atoms with Crippen LogP contribution in [-0.4, -0.2) is 33.3 Å². The van der Waals surface area contributed by atoms with E-state index in [1.807, 2.05) is 46.8 Å². The molecule has 0 spiro atoms. The van der Waals surface area contributed by atoms with Crippen LogP contribution in [0.2, 0.25) is 5.02 Å². The number of hydrogen-bond donors (Lipinski definition) is 0. The topological polar surface area (TPSA) is 49.2 Å². The van der Waals surface area contributed by atoms with Gasteiger partial charge in [0.15, 0.2) is 0 Å². The molecule has 1 saturated heterocycles. The van der Waals surface area contributed by atoms with Crippen LogP contribution in [-0.2, 0) is 9.31 Å². The van der Waals surface area contributed by atoms with E-state index in [9.17, 15) is 4.39 Å². The van der Waals surface area contributed by atoms with Crippen molar-refractivity contribution in [1.29, 1.82) is 0 Å². The van der Waals surface area contributed by atoms with Crippen LogP contribution in [0.4, 0.5) is 4.39 Å². The number of aromatic nitrogens is 3. The van der Waals surface area contributed by atoms with Crippen molar-refractivity contribution in [2.24, 2.45) is 0 Å². The molecule has 1 aliphatic rings. The quantitative estimate of drug-likeness (QED) is 0.768. The molecule has 1 aromatic carbocycles. The highest BCUT2D eigenvalue weighted by atomic mass is 35.5. The Kier molecular flexibility index (Phi) is 4.51. The van der Waals surface area contributed by atoms with Gasteiger partial charge in [-0.15, -0.1) is 5.10 Å². The second-order valence-electron chi connectivity index (χ2n) is 7.09. The Hall–Kier alpha value is -1.70. The first kappa shape index (κ1) is 18.1. The lowest BCUT2D eigenvalue weighted by Gasteiger charge is -2.32. The molecule has 0 bridgehead atoms. The van der Waals surface area contributed by atoms with Gasteiger partial charge in [-0.1, -0.05) is 22.9 Å². The molecule has 132 valence electrons. The molecule has 8 heteroatoms. The van der Waals surface area contributed by atoms with Gasteiger partial charge >= 0.3 is 7.12 Å². The molecule has 2 aromatic rings. The van der Waals surface area contributed by atoms with Gasteiger partial charge in [0.05, 0.1) is 23.1 Å². The Balaban J connectivity index is 1.84. The lowest BCUT2D eigenvalue weighted by Crippen LogP contribution is -2.41. The molecule has 0 atom stereocenters. The van der Waals surface area contributed by atoms with Gasteiger partial charge in [0.1, 0.15) is 11.4 Å². The summed E-state index contributed by atoms with van der Waals surface area (Å²) in [5.41, 5.74) is 0.281. The number of halogens is 2. The molecule has 0 amide bonds. The van der Waals surface area contributed by atoms with E-state index in [1.165, 1.54) is 6.08 Å². The van der Waals surface area contributed by atoms with Crippen molar-refractivity contribution < 1.29 is 13.7 Å². The van der Waals surface area contributed by atoms with Gasteiger partial charge in [-0.3, -0.25) is 0 Å². The summed E-state index contributed by atoms with van der Waals surface area (Å²) < 4.78 is 27.5. The summed E-state index contributed by atoms with van der Waals surface area (Å²) in [7, 11) is -1.05. The Morgan fingerprint density at radius 2 is 1.88 bits per heavy atom. The van der Waals surface area contributed by atoms with Crippen molar-refractivity contribution in [3.63, 3.8) is 0 Å². The predicted octanol–water partition coefficient (Wildman–Crippen LogP) is 4.17. The van der Waals surface area contributed by atoms with Gasteiger partial charge in [-0.05, 0) is 58.4 Å². The van der Waals surface area contributed by atoms with Gasteiger partial charge in [-0.25, -0.2) is 9.07 Å². The molecular weight excluding hydrogens is 343 g/mol. The number of rotatable bonds is 3. The van der Waals surface area contributed by atoms with E-state index in [-0.39, 0.29) is 0 Å². The Morgan fingerprint density at radius 1 is 1.24 bits per heavy atom. The molecule has 1 aromatic heterocycles. The highest BCUT2D eigenvalue weighted by molar-refractivity contribution is 6.54. The van der Waals surface area contributed by atoms with E-state index in [0.29, 0.717) is 10.7 Å². The summed E-state index contributed by atoms with van der Waals surface area (Å²) in [4.78, 5) is 0. The fourth-order valence-electron chi connectivity index (χ4n) is 2.47. The molecule has 0 unspecified atom stereocenters. The summed E-state index contributed by atoms with van der Waals surface area (Å²) in [6.07, 6.45) is 2.90. The zero-order chi connectivity index (χ0) is 18.4. The van der Waals surface area contributed by atoms with Crippen molar-refractivity contribution in [3.8, 4) is 5.69 Å². The van der Waals surface area contributed by atoms with Crippen LogP contribution in [0.1, 0.15) is 39.0 Å². The Bertz CT molecular complexity index is 819. The lowest BCUT2D eigenvalue weighted by molar-refractivity contribution is 0.00578. The number of nitrogens with zero attached hydrogens (tertiary/aromatic N) is 3. The predicted molar refractivity (Wildman–Crippen MR) is 96.3 cm³/mol. The van der Waals surface area contributed by atoms with Crippen molar-refractivity contribution >= 4 is 24.8 Å². The smallest absolute Gasteiger partial charge is 0.398 e. The zero-order valence-corrected chi connectivity index (χ0v) is 15.6. The molecule has 0 radical (unpaired) electrons. The van der Waals surface area contributed by atoms with E-state index in [2.05, 4.69) is 10.3 Å². The van der Waals surface area contributed by atoms with E-state index < -0.39 is 24.0 Å². The third kappa shape index (κ3) is 3.36. The zero-order valence-electron chi connectivity index (χ0n) is 14.9. The maximum atomic E-state index is 14.5. The maximum absolute atomic E-state index is 14.5.